The maximum Gasteiger partial charge on any atom is 0.421 e. The lowest BCUT2D eigenvalue weighted by Gasteiger charge is -2.14. The first-order valence-electron chi connectivity index (χ1n) is 6.57. The van der Waals surface area contributed by atoms with Crippen LogP contribution in [0.3, 0.4) is 0 Å². The molecule has 0 spiro atoms. The Morgan fingerprint density at radius 1 is 1.27 bits per heavy atom. The molecular formula is C13H19F3N4O2. The van der Waals surface area contributed by atoms with E-state index in [0.29, 0.717) is 19.1 Å². The monoisotopic (exact) mass is 320 g/mol. The molecule has 9 heteroatoms. The summed E-state index contributed by atoms with van der Waals surface area (Å²) in [6.45, 7) is 1.38. The Labute approximate surface area is 126 Å². The van der Waals surface area contributed by atoms with Crippen molar-refractivity contribution in [3.8, 4) is 5.88 Å². The van der Waals surface area contributed by atoms with Gasteiger partial charge < -0.3 is 20.1 Å². The van der Waals surface area contributed by atoms with Crippen LogP contribution in [0.4, 0.5) is 13.2 Å². The molecule has 0 saturated heterocycles. The van der Waals surface area contributed by atoms with Gasteiger partial charge in [0.25, 0.3) is 0 Å². The molecule has 0 amide bonds. The van der Waals surface area contributed by atoms with Gasteiger partial charge in [0, 0.05) is 26.9 Å². The van der Waals surface area contributed by atoms with Crippen LogP contribution in [0.2, 0.25) is 0 Å². The zero-order valence-electron chi connectivity index (χ0n) is 12.4. The van der Waals surface area contributed by atoms with E-state index in [9.17, 15) is 13.2 Å². The third-order valence-electron chi connectivity index (χ3n) is 2.53. The van der Waals surface area contributed by atoms with Crippen molar-refractivity contribution < 1.29 is 22.6 Å². The van der Waals surface area contributed by atoms with Crippen LogP contribution < -0.4 is 15.4 Å². The van der Waals surface area contributed by atoms with Gasteiger partial charge in [0.15, 0.2) is 5.96 Å². The topological polar surface area (TPSA) is 67.8 Å². The number of pyridine rings is 1. The molecule has 124 valence electrons. The third kappa shape index (κ3) is 6.17. The van der Waals surface area contributed by atoms with E-state index in [-0.39, 0.29) is 13.2 Å². The third-order valence-corrected chi connectivity index (χ3v) is 2.53. The van der Waals surface area contributed by atoms with Crippen molar-refractivity contribution >= 4 is 5.96 Å². The molecule has 22 heavy (non-hydrogen) atoms. The molecule has 1 heterocycles. The minimum absolute atomic E-state index is 0.0189. The summed E-state index contributed by atoms with van der Waals surface area (Å²) >= 11 is 0. The normalized spacial score (nSPS) is 12.1. The first-order chi connectivity index (χ1) is 10.5. The number of guanidine groups is 1. The number of nitrogens with one attached hydrogen (secondary N) is 2. The fourth-order valence-corrected chi connectivity index (χ4v) is 1.53. The summed E-state index contributed by atoms with van der Waals surface area (Å²) in [5.41, 5.74) is -0.891. The first kappa shape index (κ1) is 18.0. The highest BCUT2D eigenvalue weighted by atomic mass is 19.4. The van der Waals surface area contributed by atoms with Crippen molar-refractivity contribution in [1.29, 1.82) is 0 Å². The largest absolute Gasteiger partial charge is 0.475 e. The number of ether oxygens (including phenoxy) is 2. The van der Waals surface area contributed by atoms with E-state index in [1.165, 1.54) is 12.3 Å². The highest BCUT2D eigenvalue weighted by molar-refractivity contribution is 5.79. The molecule has 1 aromatic rings. The molecule has 2 N–H and O–H groups in total. The number of rotatable bonds is 7. The van der Waals surface area contributed by atoms with Crippen molar-refractivity contribution in [3.05, 3.63) is 23.9 Å². The SMILES string of the molecule is CN=C(NCCOC)NCCOc1ncccc1C(F)(F)F. The van der Waals surface area contributed by atoms with Crippen molar-refractivity contribution in [3.63, 3.8) is 0 Å². The molecule has 0 aliphatic rings. The van der Waals surface area contributed by atoms with Gasteiger partial charge in [-0.3, -0.25) is 4.99 Å². The lowest BCUT2D eigenvalue weighted by atomic mass is 10.2. The standard InChI is InChI=1S/C13H19F3N4O2/c1-17-12(19-6-8-21-2)20-7-9-22-11-10(13(14,15)16)4-3-5-18-11/h3-5H,6-9H2,1-2H3,(H2,17,19,20). The van der Waals surface area contributed by atoms with Crippen LogP contribution in [-0.4, -0.2) is 51.4 Å². The van der Waals surface area contributed by atoms with Crippen LogP contribution in [0, 0.1) is 0 Å². The lowest BCUT2D eigenvalue weighted by Crippen LogP contribution is -2.40. The zero-order chi connectivity index (χ0) is 16.4. The highest BCUT2D eigenvalue weighted by Crippen LogP contribution is 2.34. The number of alkyl halides is 3. The van der Waals surface area contributed by atoms with Crippen LogP contribution in [0.25, 0.3) is 0 Å². The van der Waals surface area contributed by atoms with Crippen molar-refractivity contribution in [2.45, 2.75) is 6.18 Å². The number of aliphatic imine (C=N–C) groups is 1. The molecule has 0 radical (unpaired) electrons. The predicted octanol–water partition coefficient (Wildman–Crippen LogP) is 1.29. The first-order valence-corrected chi connectivity index (χ1v) is 6.57. The molecule has 6 nitrogen and oxygen atoms in total. The summed E-state index contributed by atoms with van der Waals surface area (Å²) in [4.78, 5) is 7.56. The van der Waals surface area contributed by atoms with E-state index < -0.39 is 17.6 Å². The second kappa shape index (κ2) is 9.08. The molecule has 0 unspecified atom stereocenters. The van der Waals surface area contributed by atoms with Crippen LogP contribution >= 0.6 is 0 Å². The number of hydrogen-bond acceptors (Lipinski definition) is 4. The van der Waals surface area contributed by atoms with Crippen LogP contribution in [0.5, 0.6) is 5.88 Å². The van der Waals surface area contributed by atoms with E-state index in [1.807, 2.05) is 0 Å². The molecule has 0 aliphatic heterocycles. The highest BCUT2D eigenvalue weighted by Gasteiger charge is 2.34. The molecule has 0 saturated carbocycles. The average Bonchev–Trinajstić information content (AvgIpc) is 2.49. The van der Waals surface area contributed by atoms with Crippen molar-refractivity contribution in [2.24, 2.45) is 4.99 Å². The Balaban J connectivity index is 2.42. The van der Waals surface area contributed by atoms with Crippen molar-refractivity contribution in [2.75, 3.05) is 40.5 Å². The van der Waals surface area contributed by atoms with Gasteiger partial charge in [0.1, 0.15) is 12.2 Å². The van der Waals surface area contributed by atoms with Gasteiger partial charge in [-0.15, -0.1) is 0 Å². The maximum absolute atomic E-state index is 12.7. The van der Waals surface area contributed by atoms with Crippen LogP contribution in [0.1, 0.15) is 5.56 Å². The number of aromatic nitrogens is 1. The maximum atomic E-state index is 12.7. The molecule has 1 rings (SSSR count). The summed E-state index contributed by atoms with van der Waals surface area (Å²) in [7, 11) is 3.17. The lowest BCUT2D eigenvalue weighted by molar-refractivity contribution is -0.139. The number of methoxy groups -OCH3 is 1. The second-order valence-electron chi connectivity index (χ2n) is 4.12. The predicted molar refractivity (Wildman–Crippen MR) is 76.0 cm³/mol. The molecule has 0 aliphatic carbocycles. The van der Waals surface area contributed by atoms with Crippen molar-refractivity contribution in [1.82, 2.24) is 15.6 Å². The van der Waals surface area contributed by atoms with Gasteiger partial charge >= 0.3 is 6.18 Å². The van der Waals surface area contributed by atoms with Gasteiger partial charge in [-0.25, -0.2) is 4.98 Å². The Morgan fingerprint density at radius 3 is 2.55 bits per heavy atom. The molecule has 0 atom stereocenters. The molecule has 1 aromatic heterocycles. The van der Waals surface area contributed by atoms with E-state index in [2.05, 4.69) is 20.6 Å². The van der Waals surface area contributed by atoms with Crippen LogP contribution in [0.15, 0.2) is 23.3 Å². The second-order valence-corrected chi connectivity index (χ2v) is 4.12. The minimum atomic E-state index is -4.49. The van der Waals surface area contributed by atoms with E-state index in [4.69, 9.17) is 9.47 Å². The zero-order valence-corrected chi connectivity index (χ0v) is 12.4. The number of halogens is 3. The van der Waals surface area contributed by atoms with E-state index in [0.717, 1.165) is 6.07 Å². The van der Waals surface area contributed by atoms with Gasteiger partial charge in [0.05, 0.1) is 13.2 Å². The fraction of sp³-hybridized carbons (Fsp3) is 0.538. The molecule has 0 aromatic carbocycles. The molecular weight excluding hydrogens is 301 g/mol. The summed E-state index contributed by atoms with van der Waals surface area (Å²) in [6, 6.07) is 2.15. The Hall–Kier alpha value is -2.03. The molecule has 0 bridgehead atoms. The summed E-state index contributed by atoms with van der Waals surface area (Å²) in [5, 5.41) is 5.87. The van der Waals surface area contributed by atoms with Gasteiger partial charge in [-0.05, 0) is 12.1 Å². The van der Waals surface area contributed by atoms with Gasteiger partial charge in [-0.1, -0.05) is 0 Å². The smallest absolute Gasteiger partial charge is 0.421 e. The minimum Gasteiger partial charge on any atom is -0.475 e. The number of hydrogen-bond donors (Lipinski definition) is 2. The molecule has 0 fully saturated rings. The quantitative estimate of drug-likeness (QED) is 0.450. The average molecular weight is 320 g/mol. The van der Waals surface area contributed by atoms with Crippen LogP contribution in [-0.2, 0) is 10.9 Å². The fourth-order valence-electron chi connectivity index (χ4n) is 1.53. The summed E-state index contributed by atoms with van der Waals surface area (Å²) in [5.74, 6) is 0.0804. The summed E-state index contributed by atoms with van der Waals surface area (Å²) in [6.07, 6.45) is -3.24. The van der Waals surface area contributed by atoms with E-state index >= 15 is 0 Å². The Kier molecular flexibility index (Phi) is 7.44. The Morgan fingerprint density at radius 2 is 1.95 bits per heavy atom. The number of nitrogens with zero attached hydrogens (tertiary/aromatic N) is 2. The Bertz CT molecular complexity index is 481. The summed E-state index contributed by atoms with van der Waals surface area (Å²) < 4.78 is 48.2. The van der Waals surface area contributed by atoms with Gasteiger partial charge in [0.2, 0.25) is 5.88 Å². The van der Waals surface area contributed by atoms with E-state index in [1.54, 1.807) is 14.2 Å². The van der Waals surface area contributed by atoms with Gasteiger partial charge in [-0.2, -0.15) is 13.2 Å².